The van der Waals surface area contributed by atoms with Crippen molar-refractivity contribution in [1.29, 1.82) is 0 Å². The molecule has 112 valence electrons. The fourth-order valence-electron chi connectivity index (χ4n) is 2.06. The fourth-order valence-corrected chi connectivity index (χ4v) is 2.48. The number of rotatable bonds is 5. The van der Waals surface area contributed by atoms with E-state index in [1.165, 1.54) is 4.68 Å². The molecule has 21 heavy (non-hydrogen) atoms. The summed E-state index contributed by atoms with van der Waals surface area (Å²) < 4.78 is 1.94. The zero-order valence-electron chi connectivity index (χ0n) is 12.1. The average Bonchev–Trinajstić information content (AvgIpc) is 2.48. The van der Waals surface area contributed by atoms with Crippen LogP contribution in [0.3, 0.4) is 0 Å². The molecule has 1 heterocycles. The normalized spacial score (nSPS) is 10.9. The Morgan fingerprint density at radius 2 is 2.00 bits per heavy atom. The Morgan fingerprint density at radius 3 is 2.62 bits per heavy atom. The van der Waals surface area contributed by atoms with Crippen molar-refractivity contribution in [3.8, 4) is 0 Å². The lowest BCUT2D eigenvalue weighted by Gasteiger charge is -2.13. The van der Waals surface area contributed by atoms with E-state index in [0.717, 1.165) is 11.1 Å². The first-order chi connectivity index (χ1) is 10.0. The van der Waals surface area contributed by atoms with Crippen molar-refractivity contribution in [2.24, 2.45) is 5.73 Å². The van der Waals surface area contributed by atoms with Gasteiger partial charge in [0.05, 0.1) is 17.9 Å². The minimum atomic E-state index is -0.137. The van der Waals surface area contributed by atoms with Gasteiger partial charge in [0, 0.05) is 13.1 Å². The van der Waals surface area contributed by atoms with Gasteiger partial charge in [-0.3, -0.25) is 4.79 Å². The molecule has 0 aliphatic carbocycles. The molecule has 0 aliphatic heterocycles. The summed E-state index contributed by atoms with van der Waals surface area (Å²) in [5.74, 6) is 0. The van der Waals surface area contributed by atoms with Crippen LogP contribution in [0.25, 0.3) is 0 Å². The largest absolute Gasteiger partial charge is 0.379 e. The summed E-state index contributed by atoms with van der Waals surface area (Å²) in [5, 5.41) is 7.41. The summed E-state index contributed by atoms with van der Waals surface area (Å²) in [6.45, 7) is 4.93. The third-order valence-corrected chi connectivity index (χ3v) is 4.01. The number of aromatic nitrogens is 2. The highest BCUT2D eigenvalue weighted by molar-refractivity contribution is 9.10. The van der Waals surface area contributed by atoms with E-state index < -0.39 is 0 Å². The SMILES string of the molecule is CC(C)n1ncc(NCc2ccccc2CN)c(Br)c1=O. The van der Waals surface area contributed by atoms with Crippen LogP contribution < -0.4 is 16.6 Å². The van der Waals surface area contributed by atoms with Gasteiger partial charge in [0.25, 0.3) is 5.56 Å². The van der Waals surface area contributed by atoms with Crippen LogP contribution in [-0.4, -0.2) is 9.78 Å². The molecule has 0 amide bonds. The molecule has 0 spiro atoms. The molecule has 5 nitrogen and oxygen atoms in total. The molecule has 1 aromatic carbocycles. The molecular formula is C15H19BrN4O. The second kappa shape index (κ2) is 6.87. The highest BCUT2D eigenvalue weighted by Gasteiger charge is 2.11. The van der Waals surface area contributed by atoms with Gasteiger partial charge in [-0.1, -0.05) is 24.3 Å². The number of nitrogens with one attached hydrogen (secondary N) is 1. The maximum absolute atomic E-state index is 12.2. The first-order valence-corrected chi connectivity index (χ1v) is 7.62. The van der Waals surface area contributed by atoms with Gasteiger partial charge in [0.15, 0.2) is 0 Å². The molecule has 1 aromatic heterocycles. The second-order valence-electron chi connectivity index (χ2n) is 5.04. The number of anilines is 1. The molecule has 6 heteroatoms. The fraction of sp³-hybridized carbons (Fsp3) is 0.333. The van der Waals surface area contributed by atoms with E-state index in [1.807, 2.05) is 38.1 Å². The lowest BCUT2D eigenvalue weighted by atomic mass is 10.1. The van der Waals surface area contributed by atoms with Crippen LogP contribution in [0.15, 0.2) is 39.7 Å². The van der Waals surface area contributed by atoms with Gasteiger partial charge in [-0.15, -0.1) is 0 Å². The summed E-state index contributed by atoms with van der Waals surface area (Å²) in [4.78, 5) is 12.2. The molecule has 0 radical (unpaired) electrons. The molecule has 0 saturated carbocycles. The smallest absolute Gasteiger partial charge is 0.283 e. The number of benzene rings is 1. The van der Waals surface area contributed by atoms with Crippen molar-refractivity contribution in [2.75, 3.05) is 5.32 Å². The number of nitrogens with zero attached hydrogens (tertiary/aromatic N) is 2. The van der Waals surface area contributed by atoms with Crippen LogP contribution in [-0.2, 0) is 13.1 Å². The van der Waals surface area contributed by atoms with Crippen LogP contribution in [0.5, 0.6) is 0 Å². The molecule has 3 N–H and O–H groups in total. The van der Waals surface area contributed by atoms with E-state index in [9.17, 15) is 4.79 Å². The Labute approximate surface area is 132 Å². The Morgan fingerprint density at radius 1 is 1.33 bits per heavy atom. The maximum atomic E-state index is 12.2. The predicted octanol–water partition coefficient (Wildman–Crippen LogP) is 2.66. The van der Waals surface area contributed by atoms with Gasteiger partial charge in [-0.05, 0) is 40.9 Å². The Bertz CT molecular complexity index is 682. The van der Waals surface area contributed by atoms with Crippen LogP contribution in [0, 0.1) is 0 Å². The lowest BCUT2D eigenvalue weighted by molar-refractivity contribution is 0.501. The highest BCUT2D eigenvalue weighted by atomic mass is 79.9. The molecular weight excluding hydrogens is 332 g/mol. The molecule has 0 fully saturated rings. The molecule has 0 atom stereocenters. The first-order valence-electron chi connectivity index (χ1n) is 6.82. The Kier molecular flexibility index (Phi) is 5.14. The zero-order valence-corrected chi connectivity index (χ0v) is 13.7. The highest BCUT2D eigenvalue weighted by Crippen LogP contribution is 2.19. The van der Waals surface area contributed by atoms with Crippen molar-refractivity contribution in [2.45, 2.75) is 33.0 Å². The number of hydrogen-bond acceptors (Lipinski definition) is 4. The van der Waals surface area contributed by atoms with E-state index in [-0.39, 0.29) is 11.6 Å². The number of nitrogens with two attached hydrogens (primary N) is 1. The van der Waals surface area contributed by atoms with Crippen LogP contribution in [0.2, 0.25) is 0 Å². The summed E-state index contributed by atoms with van der Waals surface area (Å²) in [5.41, 5.74) is 8.47. The topological polar surface area (TPSA) is 72.9 Å². The molecule has 0 aliphatic rings. The van der Waals surface area contributed by atoms with Gasteiger partial charge in [-0.2, -0.15) is 5.10 Å². The van der Waals surface area contributed by atoms with Crippen LogP contribution in [0.4, 0.5) is 5.69 Å². The monoisotopic (exact) mass is 350 g/mol. The van der Waals surface area contributed by atoms with E-state index in [1.54, 1.807) is 6.20 Å². The van der Waals surface area contributed by atoms with Gasteiger partial charge in [0.1, 0.15) is 4.47 Å². The van der Waals surface area contributed by atoms with E-state index >= 15 is 0 Å². The Hall–Kier alpha value is -1.66. The van der Waals surface area contributed by atoms with Crippen molar-refractivity contribution >= 4 is 21.6 Å². The number of hydrogen-bond donors (Lipinski definition) is 2. The second-order valence-corrected chi connectivity index (χ2v) is 5.84. The van der Waals surface area contributed by atoms with Gasteiger partial charge in [0.2, 0.25) is 0 Å². The zero-order chi connectivity index (χ0) is 15.4. The molecule has 0 bridgehead atoms. The summed E-state index contributed by atoms with van der Waals surface area (Å²) in [7, 11) is 0. The van der Waals surface area contributed by atoms with E-state index in [2.05, 4.69) is 26.3 Å². The minimum absolute atomic E-state index is 0.0285. The van der Waals surface area contributed by atoms with Crippen molar-refractivity contribution in [3.63, 3.8) is 0 Å². The molecule has 0 unspecified atom stereocenters. The van der Waals surface area contributed by atoms with Crippen molar-refractivity contribution < 1.29 is 0 Å². The lowest BCUT2D eigenvalue weighted by Crippen LogP contribution is -2.26. The van der Waals surface area contributed by atoms with Crippen LogP contribution in [0.1, 0.15) is 31.0 Å². The quantitative estimate of drug-likeness (QED) is 0.869. The minimum Gasteiger partial charge on any atom is -0.379 e. The third kappa shape index (κ3) is 3.51. The van der Waals surface area contributed by atoms with E-state index in [0.29, 0.717) is 23.2 Å². The first kappa shape index (κ1) is 15.7. The predicted molar refractivity (Wildman–Crippen MR) is 88.2 cm³/mol. The number of halogens is 1. The van der Waals surface area contributed by atoms with E-state index in [4.69, 9.17) is 5.73 Å². The third-order valence-electron chi connectivity index (χ3n) is 3.24. The van der Waals surface area contributed by atoms with Crippen LogP contribution >= 0.6 is 15.9 Å². The molecule has 2 aromatic rings. The van der Waals surface area contributed by atoms with Gasteiger partial charge in [-0.25, -0.2) is 4.68 Å². The maximum Gasteiger partial charge on any atom is 0.283 e. The summed E-state index contributed by atoms with van der Waals surface area (Å²) >= 11 is 3.35. The standard InChI is InChI=1S/C15H19BrN4O/c1-10(2)20-15(21)14(16)13(9-19-20)18-8-12-6-4-3-5-11(12)7-17/h3-6,9-10,18H,7-8,17H2,1-2H3. The Balaban J connectivity index is 2.21. The molecule has 2 rings (SSSR count). The van der Waals surface area contributed by atoms with Crippen molar-refractivity contribution in [3.05, 3.63) is 56.4 Å². The van der Waals surface area contributed by atoms with Gasteiger partial charge >= 0.3 is 0 Å². The van der Waals surface area contributed by atoms with Gasteiger partial charge < -0.3 is 11.1 Å². The average molecular weight is 351 g/mol. The van der Waals surface area contributed by atoms with Crippen molar-refractivity contribution in [1.82, 2.24) is 9.78 Å². The summed E-state index contributed by atoms with van der Waals surface area (Å²) in [6, 6.07) is 7.99. The molecule has 0 saturated heterocycles. The summed E-state index contributed by atoms with van der Waals surface area (Å²) in [6.07, 6.45) is 1.66.